The van der Waals surface area contributed by atoms with E-state index in [2.05, 4.69) is 10.2 Å². The molecule has 9 heteroatoms. The number of benzene rings is 2. The van der Waals surface area contributed by atoms with Crippen LogP contribution in [0.4, 0.5) is 11.5 Å². The predicted octanol–water partition coefficient (Wildman–Crippen LogP) is 4.53. The van der Waals surface area contributed by atoms with Crippen LogP contribution in [0.2, 0.25) is 5.02 Å². The van der Waals surface area contributed by atoms with Crippen LogP contribution in [0.1, 0.15) is 25.7 Å². The fourth-order valence-electron chi connectivity index (χ4n) is 4.68. The number of rotatable bonds is 5. The van der Waals surface area contributed by atoms with Crippen molar-refractivity contribution in [1.82, 2.24) is 9.29 Å². The first-order valence-electron chi connectivity index (χ1n) is 11.6. The van der Waals surface area contributed by atoms with Crippen molar-refractivity contribution in [1.29, 1.82) is 0 Å². The molecule has 7 nitrogen and oxygen atoms in total. The van der Waals surface area contributed by atoms with Gasteiger partial charge in [-0.25, -0.2) is 13.4 Å². The van der Waals surface area contributed by atoms with E-state index < -0.39 is 10.0 Å². The van der Waals surface area contributed by atoms with Gasteiger partial charge in [-0.3, -0.25) is 4.79 Å². The van der Waals surface area contributed by atoms with Crippen LogP contribution in [0.25, 0.3) is 10.9 Å². The number of fused-ring (bicyclic) bond motifs is 1. The topological polar surface area (TPSA) is 82.6 Å². The number of nitrogens with zero attached hydrogens (tertiary/aromatic N) is 3. The summed E-state index contributed by atoms with van der Waals surface area (Å²) < 4.78 is 27.3. The van der Waals surface area contributed by atoms with Gasteiger partial charge in [0.25, 0.3) is 0 Å². The molecule has 2 saturated heterocycles. The summed E-state index contributed by atoms with van der Waals surface area (Å²) in [7, 11) is -3.46. The smallest absolute Gasteiger partial charge is 0.243 e. The van der Waals surface area contributed by atoms with Gasteiger partial charge in [-0.2, -0.15) is 4.31 Å². The normalized spacial score (nSPS) is 19.4. The lowest BCUT2D eigenvalue weighted by Gasteiger charge is -2.33. The lowest BCUT2D eigenvalue weighted by atomic mass is 9.97. The molecule has 1 N–H and O–H groups in total. The van der Waals surface area contributed by atoms with Crippen LogP contribution in [-0.4, -0.2) is 49.8 Å². The lowest BCUT2D eigenvalue weighted by Crippen LogP contribution is -2.41. The highest BCUT2D eigenvalue weighted by molar-refractivity contribution is 7.89. The molecule has 0 bridgehead atoms. The monoisotopic (exact) mass is 498 g/mol. The molecule has 0 saturated carbocycles. The Hall–Kier alpha value is -2.68. The van der Waals surface area contributed by atoms with Crippen molar-refractivity contribution in [2.45, 2.75) is 30.6 Å². The molecule has 2 aromatic carbocycles. The maximum atomic E-state index is 12.9. The zero-order valence-corrected chi connectivity index (χ0v) is 20.4. The molecule has 2 aliphatic heterocycles. The van der Waals surface area contributed by atoms with E-state index in [1.807, 2.05) is 12.1 Å². The average molecular weight is 499 g/mol. The van der Waals surface area contributed by atoms with Gasteiger partial charge in [-0.05, 0) is 80.3 Å². The number of amides is 1. The number of piperidine rings is 1. The Morgan fingerprint density at radius 1 is 0.971 bits per heavy atom. The minimum absolute atomic E-state index is 0.00965. The zero-order valence-electron chi connectivity index (χ0n) is 18.8. The van der Waals surface area contributed by atoms with E-state index in [-0.39, 0.29) is 11.8 Å². The lowest BCUT2D eigenvalue weighted by molar-refractivity contribution is -0.120. The van der Waals surface area contributed by atoms with E-state index in [1.165, 1.54) is 0 Å². The highest BCUT2D eigenvalue weighted by Gasteiger charge is 2.28. The summed E-state index contributed by atoms with van der Waals surface area (Å²) in [5.41, 5.74) is 1.47. The maximum Gasteiger partial charge on any atom is 0.243 e. The Balaban J connectivity index is 1.31. The fraction of sp³-hybridized carbons (Fsp3) is 0.360. The summed E-state index contributed by atoms with van der Waals surface area (Å²) >= 11 is 5.93. The Morgan fingerprint density at radius 2 is 1.74 bits per heavy atom. The molecule has 0 spiro atoms. The number of anilines is 2. The second-order valence-corrected chi connectivity index (χ2v) is 11.3. The SMILES string of the molecule is O=C(Nc1ccc(Cl)cc1)[C@H]1CCCN(c2ccc3cc(S(=O)(=O)N4CCCC4)ccc3n2)C1. The Labute approximate surface area is 204 Å². The van der Waals surface area contributed by atoms with Gasteiger partial charge in [0.15, 0.2) is 0 Å². The van der Waals surface area contributed by atoms with Crippen molar-refractivity contribution in [3.63, 3.8) is 0 Å². The second kappa shape index (κ2) is 9.52. The van der Waals surface area contributed by atoms with Gasteiger partial charge in [-0.1, -0.05) is 11.6 Å². The van der Waals surface area contributed by atoms with E-state index >= 15 is 0 Å². The molecule has 3 heterocycles. The zero-order chi connectivity index (χ0) is 23.7. The van der Waals surface area contributed by atoms with Crippen LogP contribution < -0.4 is 10.2 Å². The summed E-state index contributed by atoms with van der Waals surface area (Å²) in [6, 6.07) is 16.1. The molecule has 34 heavy (non-hydrogen) atoms. The molecular formula is C25H27ClN4O3S. The Morgan fingerprint density at radius 3 is 2.50 bits per heavy atom. The van der Waals surface area contributed by atoms with Crippen molar-refractivity contribution in [3.05, 3.63) is 59.6 Å². The van der Waals surface area contributed by atoms with Gasteiger partial charge < -0.3 is 10.2 Å². The molecule has 0 unspecified atom stereocenters. The molecule has 178 valence electrons. The number of hydrogen-bond acceptors (Lipinski definition) is 5. The third-order valence-corrected chi connectivity index (χ3v) is 8.72. The number of carbonyl (C=O) groups excluding carboxylic acids is 1. The summed E-state index contributed by atoms with van der Waals surface area (Å²) in [5, 5.41) is 4.40. The van der Waals surface area contributed by atoms with Crippen LogP contribution in [0.5, 0.6) is 0 Å². The summed E-state index contributed by atoms with van der Waals surface area (Å²) in [5.74, 6) is 0.645. The molecule has 1 amide bonds. The molecule has 2 aliphatic rings. The molecule has 2 fully saturated rings. The maximum absolute atomic E-state index is 12.9. The van der Waals surface area contributed by atoms with Gasteiger partial charge in [0.1, 0.15) is 5.82 Å². The van der Waals surface area contributed by atoms with Gasteiger partial charge in [0.05, 0.1) is 16.3 Å². The first kappa shape index (κ1) is 23.1. The third-order valence-electron chi connectivity index (χ3n) is 6.58. The fourth-order valence-corrected chi connectivity index (χ4v) is 6.36. The number of aromatic nitrogens is 1. The molecule has 0 radical (unpaired) electrons. The molecule has 5 rings (SSSR count). The molecule has 3 aromatic rings. The highest BCUT2D eigenvalue weighted by Crippen LogP contribution is 2.28. The van der Waals surface area contributed by atoms with Crippen LogP contribution >= 0.6 is 11.6 Å². The van der Waals surface area contributed by atoms with Gasteiger partial charge >= 0.3 is 0 Å². The molecule has 1 atom stereocenters. The van der Waals surface area contributed by atoms with E-state index in [4.69, 9.17) is 16.6 Å². The third kappa shape index (κ3) is 4.76. The quantitative estimate of drug-likeness (QED) is 0.559. The van der Waals surface area contributed by atoms with Gasteiger partial charge in [-0.15, -0.1) is 0 Å². The molecule has 1 aromatic heterocycles. The van der Waals surface area contributed by atoms with E-state index in [1.54, 1.807) is 46.8 Å². The van der Waals surface area contributed by atoms with Crippen LogP contribution in [0.3, 0.4) is 0 Å². The van der Waals surface area contributed by atoms with Crippen molar-refractivity contribution in [3.8, 4) is 0 Å². The second-order valence-electron chi connectivity index (χ2n) is 8.92. The summed E-state index contributed by atoms with van der Waals surface area (Å²) in [6.45, 7) is 2.57. The van der Waals surface area contributed by atoms with Crippen molar-refractivity contribution in [2.24, 2.45) is 5.92 Å². The van der Waals surface area contributed by atoms with Gasteiger partial charge in [0, 0.05) is 42.3 Å². The first-order chi connectivity index (χ1) is 16.4. The van der Waals surface area contributed by atoms with Crippen LogP contribution in [0.15, 0.2) is 59.5 Å². The van der Waals surface area contributed by atoms with Gasteiger partial charge in [0.2, 0.25) is 15.9 Å². The Bertz CT molecular complexity index is 1310. The largest absolute Gasteiger partial charge is 0.356 e. The minimum atomic E-state index is -3.46. The van der Waals surface area contributed by atoms with E-state index in [0.717, 1.165) is 54.6 Å². The van der Waals surface area contributed by atoms with Crippen molar-refractivity contribution < 1.29 is 13.2 Å². The van der Waals surface area contributed by atoms with Crippen LogP contribution in [-0.2, 0) is 14.8 Å². The standard InChI is InChI=1S/C25H27ClN4O3S/c26-20-6-8-21(9-7-20)27-25(31)19-4-3-13-29(17-19)24-12-5-18-16-22(10-11-23(18)28-24)34(32,33)30-14-1-2-15-30/h5-12,16,19H,1-4,13-15,17H2,(H,27,31)/t19-/m0/s1. The average Bonchev–Trinajstić information content (AvgIpc) is 3.41. The Kier molecular flexibility index (Phi) is 6.46. The summed E-state index contributed by atoms with van der Waals surface area (Å²) in [4.78, 5) is 20.1. The molecule has 0 aliphatic carbocycles. The predicted molar refractivity (Wildman–Crippen MR) is 135 cm³/mol. The van der Waals surface area contributed by atoms with Crippen molar-refractivity contribution in [2.75, 3.05) is 36.4 Å². The molecular weight excluding hydrogens is 472 g/mol. The highest BCUT2D eigenvalue weighted by atomic mass is 35.5. The minimum Gasteiger partial charge on any atom is -0.356 e. The number of carbonyl (C=O) groups is 1. The number of hydrogen-bond donors (Lipinski definition) is 1. The van der Waals surface area contributed by atoms with E-state index in [9.17, 15) is 13.2 Å². The summed E-state index contributed by atoms with van der Waals surface area (Å²) in [6.07, 6.45) is 3.53. The first-order valence-corrected chi connectivity index (χ1v) is 13.4. The number of nitrogens with one attached hydrogen (secondary N) is 1. The number of pyridine rings is 1. The van der Waals surface area contributed by atoms with Crippen LogP contribution in [0, 0.1) is 5.92 Å². The number of sulfonamides is 1. The van der Waals surface area contributed by atoms with Crippen molar-refractivity contribution >= 4 is 49.9 Å². The number of halogens is 1. The van der Waals surface area contributed by atoms with E-state index in [0.29, 0.717) is 29.6 Å².